The zero-order chi connectivity index (χ0) is 9.23. The number of hydrogen-bond acceptors (Lipinski definition) is 2. The van der Waals surface area contributed by atoms with Gasteiger partial charge in [0.05, 0.1) is 12.4 Å². The standard InChI is InChI=1S/C8H17ClO2S/c1-2-3-4-5-7-11-12(10)8-6-9/h2-8H2,1H3. The van der Waals surface area contributed by atoms with E-state index in [1.54, 1.807) is 0 Å². The Hall–Kier alpha value is 0.400. The number of halogens is 1. The largest absolute Gasteiger partial charge is 0.291 e. The van der Waals surface area contributed by atoms with Crippen LogP contribution in [-0.2, 0) is 15.3 Å². The van der Waals surface area contributed by atoms with E-state index in [-0.39, 0.29) is 0 Å². The van der Waals surface area contributed by atoms with Crippen LogP contribution in [0.1, 0.15) is 32.6 Å². The molecule has 0 aromatic carbocycles. The molecule has 1 unspecified atom stereocenters. The summed E-state index contributed by atoms with van der Waals surface area (Å²) >= 11 is 4.23. The van der Waals surface area contributed by atoms with Gasteiger partial charge in [0.1, 0.15) is 0 Å². The third-order valence-electron chi connectivity index (χ3n) is 1.46. The predicted octanol–water partition coefficient (Wildman–Crippen LogP) is 2.49. The number of hydrogen-bond donors (Lipinski definition) is 0. The first-order valence-corrected chi connectivity index (χ1v) is 6.16. The highest BCUT2D eigenvalue weighted by Gasteiger charge is 1.97. The summed E-state index contributed by atoms with van der Waals surface area (Å²) in [4.78, 5) is 0. The lowest BCUT2D eigenvalue weighted by Crippen LogP contribution is -2.04. The van der Waals surface area contributed by atoms with Gasteiger partial charge in [-0.15, -0.1) is 11.6 Å². The molecule has 0 fully saturated rings. The summed E-state index contributed by atoms with van der Waals surface area (Å²) < 4.78 is 15.9. The molecular formula is C8H17ClO2S. The van der Waals surface area contributed by atoms with Crippen LogP contribution >= 0.6 is 11.6 Å². The van der Waals surface area contributed by atoms with Crippen LogP contribution in [0.15, 0.2) is 0 Å². The summed E-state index contributed by atoms with van der Waals surface area (Å²) in [7, 11) is 0. The summed E-state index contributed by atoms with van der Waals surface area (Å²) in [5.41, 5.74) is 0. The van der Waals surface area contributed by atoms with E-state index < -0.39 is 11.1 Å². The van der Waals surface area contributed by atoms with Crippen LogP contribution in [-0.4, -0.2) is 22.4 Å². The molecule has 0 radical (unpaired) electrons. The van der Waals surface area contributed by atoms with Crippen LogP contribution in [0.2, 0.25) is 0 Å². The Morgan fingerprint density at radius 1 is 1.33 bits per heavy atom. The van der Waals surface area contributed by atoms with Crippen molar-refractivity contribution >= 4 is 22.7 Å². The molecule has 0 aromatic heterocycles. The molecule has 0 amide bonds. The van der Waals surface area contributed by atoms with Crippen molar-refractivity contribution in [3.63, 3.8) is 0 Å². The predicted molar refractivity (Wildman–Crippen MR) is 53.8 cm³/mol. The van der Waals surface area contributed by atoms with Crippen molar-refractivity contribution in [2.75, 3.05) is 18.2 Å². The lowest BCUT2D eigenvalue weighted by atomic mass is 10.2. The lowest BCUT2D eigenvalue weighted by Gasteiger charge is -2.00. The van der Waals surface area contributed by atoms with Gasteiger partial charge in [-0.25, -0.2) is 4.21 Å². The topological polar surface area (TPSA) is 26.3 Å². The van der Waals surface area contributed by atoms with Crippen molar-refractivity contribution in [2.45, 2.75) is 32.6 Å². The van der Waals surface area contributed by atoms with E-state index in [1.807, 2.05) is 0 Å². The molecule has 0 bridgehead atoms. The average Bonchev–Trinajstić information content (AvgIpc) is 2.05. The van der Waals surface area contributed by atoms with Crippen molar-refractivity contribution in [3.8, 4) is 0 Å². The number of rotatable bonds is 8. The van der Waals surface area contributed by atoms with Crippen LogP contribution in [0.3, 0.4) is 0 Å². The zero-order valence-corrected chi connectivity index (χ0v) is 9.12. The second-order valence-electron chi connectivity index (χ2n) is 2.58. The molecule has 0 heterocycles. The Labute approximate surface area is 82.3 Å². The van der Waals surface area contributed by atoms with Gasteiger partial charge in [-0.1, -0.05) is 26.2 Å². The molecule has 0 saturated carbocycles. The minimum atomic E-state index is -1.16. The third-order valence-corrected chi connectivity index (χ3v) is 2.84. The molecule has 0 N–H and O–H groups in total. The second kappa shape index (κ2) is 9.49. The van der Waals surface area contributed by atoms with Gasteiger partial charge in [0.15, 0.2) is 11.1 Å². The molecule has 12 heavy (non-hydrogen) atoms. The fourth-order valence-electron chi connectivity index (χ4n) is 0.803. The molecule has 4 heteroatoms. The first-order valence-electron chi connectivity index (χ1n) is 4.39. The minimum absolute atomic E-state index is 0.404. The Morgan fingerprint density at radius 3 is 2.67 bits per heavy atom. The molecule has 0 aromatic rings. The Bertz CT molecular complexity index is 120. The van der Waals surface area contributed by atoms with Crippen molar-refractivity contribution in [3.05, 3.63) is 0 Å². The summed E-state index contributed by atoms with van der Waals surface area (Å²) in [5, 5.41) is 0. The van der Waals surface area contributed by atoms with E-state index in [2.05, 4.69) is 6.92 Å². The summed E-state index contributed by atoms with van der Waals surface area (Å²) in [5.74, 6) is 0.844. The highest BCUT2D eigenvalue weighted by atomic mass is 35.5. The fraction of sp³-hybridized carbons (Fsp3) is 1.00. The Morgan fingerprint density at radius 2 is 2.08 bits per heavy atom. The van der Waals surface area contributed by atoms with Crippen LogP contribution in [0.25, 0.3) is 0 Å². The van der Waals surface area contributed by atoms with Crippen molar-refractivity contribution in [2.24, 2.45) is 0 Å². The average molecular weight is 213 g/mol. The van der Waals surface area contributed by atoms with E-state index in [4.69, 9.17) is 15.8 Å². The van der Waals surface area contributed by atoms with Crippen LogP contribution < -0.4 is 0 Å². The highest BCUT2D eigenvalue weighted by Crippen LogP contribution is 2.00. The molecule has 0 saturated heterocycles. The Kier molecular flexibility index (Phi) is 9.80. The number of unbranched alkanes of at least 4 members (excludes halogenated alkanes) is 3. The smallest absolute Gasteiger partial charge is 0.156 e. The van der Waals surface area contributed by atoms with Crippen LogP contribution in [0.4, 0.5) is 0 Å². The maximum absolute atomic E-state index is 10.9. The van der Waals surface area contributed by atoms with E-state index >= 15 is 0 Å². The molecule has 0 spiro atoms. The van der Waals surface area contributed by atoms with Gasteiger partial charge in [0, 0.05) is 5.88 Å². The van der Waals surface area contributed by atoms with Gasteiger partial charge in [0.25, 0.3) is 0 Å². The molecule has 2 nitrogen and oxygen atoms in total. The van der Waals surface area contributed by atoms with Crippen LogP contribution in [0.5, 0.6) is 0 Å². The van der Waals surface area contributed by atoms with Crippen molar-refractivity contribution in [1.29, 1.82) is 0 Å². The van der Waals surface area contributed by atoms with Crippen molar-refractivity contribution in [1.82, 2.24) is 0 Å². The van der Waals surface area contributed by atoms with Crippen LogP contribution in [0, 0.1) is 0 Å². The molecule has 0 aliphatic carbocycles. The molecule has 0 aliphatic rings. The zero-order valence-electron chi connectivity index (χ0n) is 7.55. The maximum Gasteiger partial charge on any atom is 0.156 e. The first kappa shape index (κ1) is 12.4. The molecule has 74 valence electrons. The summed E-state index contributed by atoms with van der Waals surface area (Å²) in [6.07, 6.45) is 4.60. The maximum atomic E-state index is 10.9. The quantitative estimate of drug-likeness (QED) is 0.457. The molecular weight excluding hydrogens is 196 g/mol. The highest BCUT2D eigenvalue weighted by molar-refractivity contribution is 7.80. The van der Waals surface area contributed by atoms with Gasteiger partial charge in [-0.05, 0) is 6.42 Å². The van der Waals surface area contributed by atoms with Gasteiger partial charge < -0.3 is 0 Å². The van der Waals surface area contributed by atoms with Gasteiger partial charge >= 0.3 is 0 Å². The monoisotopic (exact) mass is 212 g/mol. The number of alkyl halides is 1. The molecule has 0 rings (SSSR count). The summed E-state index contributed by atoms with van der Waals surface area (Å²) in [6, 6.07) is 0. The van der Waals surface area contributed by atoms with E-state index in [1.165, 1.54) is 12.8 Å². The lowest BCUT2D eigenvalue weighted by molar-refractivity contribution is 0.333. The van der Waals surface area contributed by atoms with Gasteiger partial charge in [0.2, 0.25) is 0 Å². The van der Waals surface area contributed by atoms with E-state index in [9.17, 15) is 4.21 Å². The molecule has 1 atom stereocenters. The third kappa shape index (κ3) is 8.50. The minimum Gasteiger partial charge on any atom is -0.291 e. The first-order chi connectivity index (χ1) is 5.81. The second-order valence-corrected chi connectivity index (χ2v) is 4.21. The van der Waals surface area contributed by atoms with E-state index in [0.717, 1.165) is 12.8 Å². The SMILES string of the molecule is CCCCCCOS(=O)CCCl. The van der Waals surface area contributed by atoms with Crippen molar-refractivity contribution < 1.29 is 8.39 Å². The summed E-state index contributed by atoms with van der Waals surface area (Å²) in [6.45, 7) is 2.76. The van der Waals surface area contributed by atoms with Gasteiger partial charge in [-0.3, -0.25) is 4.18 Å². The molecule has 0 aliphatic heterocycles. The van der Waals surface area contributed by atoms with E-state index in [0.29, 0.717) is 18.2 Å². The fourth-order valence-corrected chi connectivity index (χ4v) is 1.73. The normalized spacial score (nSPS) is 13.2. The van der Waals surface area contributed by atoms with Gasteiger partial charge in [-0.2, -0.15) is 0 Å². The Balaban J connectivity index is 3.03.